The Morgan fingerprint density at radius 3 is 2.50 bits per heavy atom. The Morgan fingerprint density at radius 1 is 1.44 bits per heavy atom. The van der Waals surface area contributed by atoms with Crippen molar-refractivity contribution in [2.45, 2.75) is 12.1 Å². The third-order valence-corrected chi connectivity index (χ3v) is 2.24. The monoisotopic (exact) mass is 235 g/mol. The molecule has 0 spiro atoms. The van der Waals surface area contributed by atoms with E-state index in [1.807, 2.05) is 0 Å². The molecule has 1 atom stereocenters. The first-order valence-corrected chi connectivity index (χ1v) is 4.53. The van der Waals surface area contributed by atoms with Crippen LogP contribution in [0, 0.1) is 0 Å². The van der Waals surface area contributed by atoms with E-state index in [0.717, 1.165) is 12.1 Å². The highest BCUT2D eigenvalue weighted by Crippen LogP contribution is 2.39. The van der Waals surface area contributed by atoms with Crippen LogP contribution in [0.1, 0.15) is 11.5 Å². The number of rotatable bonds is 3. The van der Waals surface area contributed by atoms with Gasteiger partial charge in [0.2, 0.25) is 0 Å². The molecule has 6 heteroatoms. The number of benzene rings is 1. The van der Waals surface area contributed by atoms with Gasteiger partial charge in [0, 0.05) is 12.1 Å². The number of alkyl halides is 3. The second-order valence-electron chi connectivity index (χ2n) is 3.25. The molecule has 1 aromatic rings. The van der Waals surface area contributed by atoms with Crippen molar-refractivity contribution in [3.8, 4) is 11.5 Å². The van der Waals surface area contributed by atoms with Gasteiger partial charge in [-0.1, -0.05) is 0 Å². The second kappa shape index (κ2) is 4.61. The second-order valence-corrected chi connectivity index (χ2v) is 3.25. The first-order chi connectivity index (χ1) is 7.40. The van der Waals surface area contributed by atoms with Crippen molar-refractivity contribution in [1.29, 1.82) is 0 Å². The Labute approximate surface area is 90.6 Å². The zero-order chi connectivity index (χ0) is 12.3. The fourth-order valence-corrected chi connectivity index (χ4v) is 1.38. The number of methoxy groups -OCH3 is 1. The summed E-state index contributed by atoms with van der Waals surface area (Å²) in [7, 11) is 1.33. The quantitative estimate of drug-likeness (QED) is 0.842. The van der Waals surface area contributed by atoms with Crippen molar-refractivity contribution in [2.75, 3.05) is 13.7 Å². The van der Waals surface area contributed by atoms with E-state index < -0.39 is 24.4 Å². The van der Waals surface area contributed by atoms with Crippen LogP contribution in [0.15, 0.2) is 18.2 Å². The molecule has 0 heterocycles. The molecule has 0 bridgehead atoms. The highest BCUT2D eigenvalue weighted by molar-refractivity contribution is 5.42. The summed E-state index contributed by atoms with van der Waals surface area (Å²) >= 11 is 0. The molecule has 0 aliphatic carbocycles. The fourth-order valence-electron chi connectivity index (χ4n) is 1.38. The van der Waals surface area contributed by atoms with Crippen molar-refractivity contribution in [3.63, 3.8) is 0 Å². The van der Waals surface area contributed by atoms with E-state index >= 15 is 0 Å². The van der Waals surface area contributed by atoms with Crippen LogP contribution in [0.5, 0.6) is 11.5 Å². The molecule has 1 unspecified atom stereocenters. The van der Waals surface area contributed by atoms with Crippen molar-refractivity contribution in [3.05, 3.63) is 23.8 Å². The Morgan fingerprint density at radius 2 is 2.06 bits per heavy atom. The van der Waals surface area contributed by atoms with E-state index in [9.17, 15) is 18.3 Å². The number of phenolic OH excluding ortho intramolecular Hbond substituents is 1. The van der Waals surface area contributed by atoms with E-state index in [1.165, 1.54) is 13.2 Å². The highest BCUT2D eigenvalue weighted by atomic mass is 19.4. The predicted octanol–water partition coefficient (Wildman–Crippen LogP) is 2.01. The van der Waals surface area contributed by atoms with Crippen molar-refractivity contribution in [1.82, 2.24) is 0 Å². The standard InChI is InChI=1S/C10H12F3NO2/c1-16-6-2-3-9(15)7(4-6)8(5-14)10(11,12)13/h2-4,8,15H,5,14H2,1H3. The first kappa shape index (κ1) is 12.6. The summed E-state index contributed by atoms with van der Waals surface area (Å²) in [5.41, 5.74) is 4.81. The summed E-state index contributed by atoms with van der Waals surface area (Å²) in [5.74, 6) is -2.08. The van der Waals surface area contributed by atoms with Crippen LogP contribution >= 0.6 is 0 Å². The average Bonchev–Trinajstić information content (AvgIpc) is 2.20. The minimum atomic E-state index is -4.49. The predicted molar refractivity (Wildman–Crippen MR) is 52.5 cm³/mol. The molecular weight excluding hydrogens is 223 g/mol. The zero-order valence-corrected chi connectivity index (χ0v) is 8.58. The molecule has 0 saturated carbocycles. The van der Waals surface area contributed by atoms with Crippen LogP contribution in [0.25, 0.3) is 0 Å². The molecule has 1 rings (SSSR count). The van der Waals surface area contributed by atoms with Gasteiger partial charge in [-0.2, -0.15) is 13.2 Å². The summed E-state index contributed by atoms with van der Waals surface area (Å²) in [4.78, 5) is 0. The summed E-state index contributed by atoms with van der Waals surface area (Å²) in [6, 6.07) is 3.67. The molecule has 90 valence electrons. The number of ether oxygens (including phenoxy) is 1. The maximum atomic E-state index is 12.6. The van der Waals surface area contributed by atoms with Crippen LogP contribution in [-0.2, 0) is 0 Å². The van der Waals surface area contributed by atoms with Crippen LogP contribution in [0.3, 0.4) is 0 Å². The first-order valence-electron chi connectivity index (χ1n) is 4.53. The van der Waals surface area contributed by atoms with Crippen LogP contribution < -0.4 is 10.5 Å². The molecule has 0 fully saturated rings. The van der Waals surface area contributed by atoms with Gasteiger partial charge in [0.1, 0.15) is 11.5 Å². The van der Waals surface area contributed by atoms with Crippen molar-refractivity contribution >= 4 is 0 Å². The lowest BCUT2D eigenvalue weighted by molar-refractivity contribution is -0.148. The van der Waals surface area contributed by atoms with E-state index in [0.29, 0.717) is 0 Å². The average molecular weight is 235 g/mol. The number of hydrogen-bond acceptors (Lipinski definition) is 3. The Hall–Kier alpha value is -1.43. The highest BCUT2D eigenvalue weighted by Gasteiger charge is 2.41. The zero-order valence-electron chi connectivity index (χ0n) is 8.58. The number of halogens is 3. The summed E-state index contributed by atoms with van der Waals surface area (Å²) in [5, 5.41) is 9.38. The fraction of sp³-hybridized carbons (Fsp3) is 0.400. The lowest BCUT2D eigenvalue weighted by Gasteiger charge is -2.20. The largest absolute Gasteiger partial charge is 0.508 e. The SMILES string of the molecule is COc1ccc(O)c(C(CN)C(F)(F)F)c1. The van der Waals surface area contributed by atoms with E-state index in [-0.39, 0.29) is 11.3 Å². The topological polar surface area (TPSA) is 55.5 Å². The molecule has 1 aromatic carbocycles. The molecule has 0 saturated heterocycles. The van der Waals surface area contributed by atoms with Gasteiger partial charge in [-0.3, -0.25) is 0 Å². The molecule has 0 amide bonds. The number of aromatic hydroxyl groups is 1. The van der Waals surface area contributed by atoms with E-state index in [1.54, 1.807) is 0 Å². The smallest absolute Gasteiger partial charge is 0.397 e. The van der Waals surface area contributed by atoms with Gasteiger partial charge in [0.15, 0.2) is 0 Å². The van der Waals surface area contributed by atoms with Gasteiger partial charge in [0.25, 0.3) is 0 Å². The normalized spacial score (nSPS) is 13.6. The number of nitrogens with two attached hydrogens (primary N) is 1. The summed E-state index contributed by atoms with van der Waals surface area (Å²) in [6.07, 6.45) is -4.49. The van der Waals surface area contributed by atoms with Gasteiger partial charge < -0.3 is 15.6 Å². The van der Waals surface area contributed by atoms with E-state index in [4.69, 9.17) is 10.5 Å². The Balaban J connectivity index is 3.18. The Bertz CT molecular complexity index is 366. The third kappa shape index (κ3) is 2.57. The maximum absolute atomic E-state index is 12.6. The lowest BCUT2D eigenvalue weighted by Crippen LogP contribution is -2.28. The number of phenols is 1. The summed E-state index contributed by atoms with van der Waals surface area (Å²) in [6.45, 7) is -0.621. The summed E-state index contributed by atoms with van der Waals surface area (Å²) < 4.78 is 42.6. The Kier molecular flexibility index (Phi) is 3.64. The maximum Gasteiger partial charge on any atom is 0.397 e. The van der Waals surface area contributed by atoms with E-state index in [2.05, 4.69) is 0 Å². The molecule has 0 aliphatic rings. The molecule has 16 heavy (non-hydrogen) atoms. The molecule has 0 radical (unpaired) electrons. The van der Waals surface area contributed by atoms with Gasteiger partial charge in [-0.05, 0) is 18.2 Å². The van der Waals surface area contributed by atoms with Crippen molar-refractivity contribution in [2.24, 2.45) is 5.73 Å². The minimum absolute atomic E-state index is 0.246. The number of hydrogen-bond donors (Lipinski definition) is 2. The lowest BCUT2D eigenvalue weighted by atomic mass is 9.97. The molecule has 0 aliphatic heterocycles. The van der Waals surface area contributed by atoms with Gasteiger partial charge in [0.05, 0.1) is 13.0 Å². The van der Waals surface area contributed by atoms with Crippen LogP contribution in [0.2, 0.25) is 0 Å². The third-order valence-electron chi connectivity index (χ3n) is 2.24. The van der Waals surface area contributed by atoms with Gasteiger partial charge >= 0.3 is 6.18 Å². The van der Waals surface area contributed by atoms with Gasteiger partial charge in [-0.25, -0.2) is 0 Å². The molecule has 0 aromatic heterocycles. The van der Waals surface area contributed by atoms with Crippen LogP contribution in [-0.4, -0.2) is 24.9 Å². The van der Waals surface area contributed by atoms with Crippen molar-refractivity contribution < 1.29 is 23.0 Å². The molecule has 3 N–H and O–H groups in total. The minimum Gasteiger partial charge on any atom is -0.508 e. The molecular formula is C10H12F3NO2. The van der Waals surface area contributed by atoms with Crippen LogP contribution in [0.4, 0.5) is 13.2 Å². The van der Waals surface area contributed by atoms with Gasteiger partial charge in [-0.15, -0.1) is 0 Å². The molecule has 3 nitrogen and oxygen atoms in total.